The second kappa shape index (κ2) is 6.86. The molecular weight excluding hydrogens is 208 g/mol. The fourth-order valence-electron chi connectivity index (χ4n) is 1.08. The number of carbonyl (C=O) groups excluding carboxylic acids is 1. The van der Waals surface area contributed by atoms with Crippen LogP contribution >= 0.6 is 0 Å². The normalized spacial score (nSPS) is 12.1. The third kappa shape index (κ3) is 4.81. The van der Waals surface area contributed by atoms with Crippen LogP contribution in [0.25, 0.3) is 0 Å². The van der Waals surface area contributed by atoms with Gasteiger partial charge in [-0.05, 0) is 6.92 Å². The van der Waals surface area contributed by atoms with Crippen LogP contribution in [0.5, 0.6) is 0 Å². The van der Waals surface area contributed by atoms with E-state index >= 15 is 0 Å². The highest BCUT2D eigenvalue weighted by atomic mass is 16.3. The van der Waals surface area contributed by atoms with Gasteiger partial charge >= 0.3 is 0 Å². The van der Waals surface area contributed by atoms with Crippen LogP contribution in [-0.2, 0) is 0 Å². The quantitative estimate of drug-likeness (QED) is 0.549. The zero-order valence-corrected chi connectivity index (χ0v) is 9.18. The maximum atomic E-state index is 11.5. The second-order valence-electron chi connectivity index (χ2n) is 3.40. The van der Waals surface area contributed by atoms with Crippen molar-refractivity contribution in [2.45, 2.75) is 13.0 Å². The maximum absolute atomic E-state index is 11.5. The summed E-state index contributed by atoms with van der Waals surface area (Å²) in [5, 5.41) is 14.6. The Kier molecular flexibility index (Phi) is 5.38. The molecule has 1 rings (SSSR count). The van der Waals surface area contributed by atoms with Crippen LogP contribution in [0.1, 0.15) is 17.4 Å². The Morgan fingerprint density at radius 3 is 2.94 bits per heavy atom. The molecule has 6 nitrogen and oxygen atoms in total. The first-order valence-electron chi connectivity index (χ1n) is 5.13. The van der Waals surface area contributed by atoms with E-state index in [-0.39, 0.29) is 12.0 Å². The molecule has 3 N–H and O–H groups in total. The Bertz CT molecular complexity index is 316. The molecule has 0 aliphatic heterocycles. The van der Waals surface area contributed by atoms with Crippen molar-refractivity contribution in [1.82, 2.24) is 20.6 Å². The lowest BCUT2D eigenvalue weighted by Gasteiger charge is -2.07. The Labute approximate surface area is 94.1 Å². The molecule has 0 aliphatic carbocycles. The van der Waals surface area contributed by atoms with Gasteiger partial charge in [0.1, 0.15) is 5.69 Å². The number of rotatable bonds is 6. The van der Waals surface area contributed by atoms with Crippen LogP contribution in [0.3, 0.4) is 0 Å². The van der Waals surface area contributed by atoms with Gasteiger partial charge in [0.15, 0.2) is 0 Å². The van der Waals surface area contributed by atoms with Crippen molar-refractivity contribution in [2.75, 3.05) is 19.6 Å². The number of nitrogens with zero attached hydrogens (tertiary/aromatic N) is 2. The second-order valence-corrected chi connectivity index (χ2v) is 3.40. The lowest BCUT2D eigenvalue weighted by atomic mass is 10.4. The predicted octanol–water partition coefficient (Wildman–Crippen LogP) is -0.823. The Morgan fingerprint density at radius 2 is 2.31 bits per heavy atom. The molecule has 0 aliphatic rings. The number of aromatic nitrogens is 2. The largest absolute Gasteiger partial charge is 0.392 e. The molecule has 16 heavy (non-hydrogen) atoms. The van der Waals surface area contributed by atoms with Crippen LogP contribution in [0.4, 0.5) is 0 Å². The highest BCUT2D eigenvalue weighted by Gasteiger charge is 2.04. The fraction of sp³-hybridized carbons (Fsp3) is 0.500. The fourth-order valence-corrected chi connectivity index (χ4v) is 1.08. The molecule has 0 fully saturated rings. The van der Waals surface area contributed by atoms with Gasteiger partial charge in [0.05, 0.1) is 12.3 Å². The van der Waals surface area contributed by atoms with Crippen LogP contribution < -0.4 is 10.6 Å². The van der Waals surface area contributed by atoms with Gasteiger partial charge < -0.3 is 15.7 Å². The summed E-state index contributed by atoms with van der Waals surface area (Å²) < 4.78 is 0. The van der Waals surface area contributed by atoms with Gasteiger partial charge in [-0.2, -0.15) is 0 Å². The minimum Gasteiger partial charge on any atom is -0.392 e. The molecule has 0 radical (unpaired) electrons. The predicted molar refractivity (Wildman–Crippen MR) is 58.9 cm³/mol. The van der Waals surface area contributed by atoms with Gasteiger partial charge in [0, 0.05) is 32.0 Å². The summed E-state index contributed by atoms with van der Waals surface area (Å²) in [4.78, 5) is 19.1. The first-order valence-corrected chi connectivity index (χ1v) is 5.13. The first kappa shape index (κ1) is 12.5. The van der Waals surface area contributed by atoms with Crippen molar-refractivity contribution in [3.63, 3.8) is 0 Å². The smallest absolute Gasteiger partial charge is 0.271 e. The van der Waals surface area contributed by atoms with Gasteiger partial charge in [-0.1, -0.05) is 0 Å². The number of hydrogen-bond acceptors (Lipinski definition) is 5. The number of carbonyl (C=O) groups is 1. The highest BCUT2D eigenvalue weighted by Crippen LogP contribution is 1.88. The molecule has 0 bridgehead atoms. The lowest BCUT2D eigenvalue weighted by Crippen LogP contribution is -2.34. The average molecular weight is 224 g/mol. The molecule has 0 saturated carbocycles. The van der Waals surface area contributed by atoms with E-state index in [0.29, 0.717) is 25.3 Å². The molecule has 1 atom stereocenters. The van der Waals surface area contributed by atoms with Gasteiger partial charge in [0.25, 0.3) is 5.91 Å². The average Bonchev–Trinajstić information content (AvgIpc) is 2.29. The van der Waals surface area contributed by atoms with E-state index in [1.54, 1.807) is 6.92 Å². The van der Waals surface area contributed by atoms with Gasteiger partial charge in [0.2, 0.25) is 0 Å². The minimum atomic E-state index is -0.379. The van der Waals surface area contributed by atoms with E-state index in [1.807, 2.05) is 0 Å². The molecule has 6 heteroatoms. The van der Waals surface area contributed by atoms with Crippen LogP contribution in [0.2, 0.25) is 0 Å². The van der Waals surface area contributed by atoms with E-state index in [9.17, 15) is 4.79 Å². The summed E-state index contributed by atoms with van der Waals surface area (Å²) in [6.45, 7) is 3.31. The topological polar surface area (TPSA) is 87.1 Å². The van der Waals surface area contributed by atoms with Crippen molar-refractivity contribution >= 4 is 5.91 Å². The molecule has 1 unspecified atom stereocenters. The summed E-state index contributed by atoms with van der Waals surface area (Å²) in [5.74, 6) is -0.244. The molecule has 0 aromatic carbocycles. The molecule has 88 valence electrons. The molecule has 1 aromatic rings. The van der Waals surface area contributed by atoms with Crippen LogP contribution in [0.15, 0.2) is 18.6 Å². The summed E-state index contributed by atoms with van der Waals surface area (Å²) in [7, 11) is 0. The van der Waals surface area contributed by atoms with Crippen LogP contribution in [0, 0.1) is 0 Å². The Balaban J connectivity index is 2.16. The van der Waals surface area contributed by atoms with E-state index in [4.69, 9.17) is 5.11 Å². The van der Waals surface area contributed by atoms with Crippen molar-refractivity contribution < 1.29 is 9.90 Å². The zero-order valence-electron chi connectivity index (χ0n) is 9.18. The number of aliphatic hydroxyl groups excluding tert-OH is 1. The number of nitrogens with one attached hydrogen (secondary N) is 2. The molecule has 1 heterocycles. The monoisotopic (exact) mass is 224 g/mol. The summed E-state index contributed by atoms with van der Waals surface area (Å²) in [6, 6.07) is 0. The Morgan fingerprint density at radius 1 is 1.50 bits per heavy atom. The summed E-state index contributed by atoms with van der Waals surface area (Å²) in [5.41, 5.74) is 0.304. The number of amides is 1. The van der Waals surface area contributed by atoms with Gasteiger partial charge in [-0.15, -0.1) is 0 Å². The van der Waals surface area contributed by atoms with E-state index in [1.165, 1.54) is 18.6 Å². The van der Waals surface area contributed by atoms with E-state index in [2.05, 4.69) is 20.6 Å². The molecular formula is C10H16N4O2. The van der Waals surface area contributed by atoms with Crippen molar-refractivity contribution in [3.05, 3.63) is 24.3 Å². The third-order valence-electron chi connectivity index (χ3n) is 1.82. The van der Waals surface area contributed by atoms with Gasteiger partial charge in [-0.25, -0.2) is 4.98 Å². The Hall–Kier alpha value is -1.53. The molecule has 0 saturated heterocycles. The zero-order chi connectivity index (χ0) is 11.8. The summed E-state index contributed by atoms with van der Waals surface area (Å²) in [6.07, 6.45) is 4.02. The van der Waals surface area contributed by atoms with Crippen molar-refractivity contribution in [1.29, 1.82) is 0 Å². The first-order chi connectivity index (χ1) is 7.70. The van der Waals surface area contributed by atoms with E-state index < -0.39 is 0 Å². The molecule has 1 amide bonds. The highest BCUT2D eigenvalue weighted by molar-refractivity contribution is 5.91. The SMILES string of the molecule is CC(O)CNCCNC(=O)c1cnccn1. The summed E-state index contributed by atoms with van der Waals surface area (Å²) >= 11 is 0. The lowest BCUT2D eigenvalue weighted by molar-refractivity contribution is 0.0948. The van der Waals surface area contributed by atoms with Crippen molar-refractivity contribution in [3.8, 4) is 0 Å². The molecule has 1 aromatic heterocycles. The molecule has 0 spiro atoms. The minimum absolute atomic E-state index is 0.244. The number of hydrogen-bond donors (Lipinski definition) is 3. The standard InChI is InChI=1S/C10H16N4O2/c1-8(15)6-11-3-5-14-10(16)9-7-12-2-4-13-9/h2,4,7-8,11,15H,3,5-6H2,1H3,(H,14,16). The number of aliphatic hydroxyl groups is 1. The third-order valence-corrected chi connectivity index (χ3v) is 1.82. The van der Waals surface area contributed by atoms with Crippen LogP contribution in [-0.4, -0.2) is 46.7 Å². The van der Waals surface area contributed by atoms with E-state index in [0.717, 1.165) is 0 Å². The maximum Gasteiger partial charge on any atom is 0.271 e. The van der Waals surface area contributed by atoms with Gasteiger partial charge in [-0.3, -0.25) is 9.78 Å². The van der Waals surface area contributed by atoms with Crippen molar-refractivity contribution in [2.24, 2.45) is 0 Å².